The molecular formula is C12H10BrClFN3. The van der Waals surface area contributed by atoms with E-state index in [9.17, 15) is 4.39 Å². The van der Waals surface area contributed by atoms with E-state index < -0.39 is 0 Å². The van der Waals surface area contributed by atoms with E-state index in [-0.39, 0.29) is 5.82 Å². The normalized spacial score (nSPS) is 10.4. The minimum Gasteiger partial charge on any atom is -0.396 e. The Balaban J connectivity index is 2.40. The zero-order chi connectivity index (χ0) is 13.3. The fraction of sp³-hybridized carbons (Fsp3) is 0.0833. The van der Waals surface area contributed by atoms with Crippen LogP contribution in [0.3, 0.4) is 0 Å². The number of halogens is 3. The van der Waals surface area contributed by atoms with Gasteiger partial charge >= 0.3 is 0 Å². The van der Waals surface area contributed by atoms with Crippen LogP contribution in [0.2, 0.25) is 5.15 Å². The van der Waals surface area contributed by atoms with Gasteiger partial charge in [-0.05, 0) is 52.7 Å². The van der Waals surface area contributed by atoms with Crippen molar-refractivity contribution in [3.8, 4) is 0 Å². The maximum atomic E-state index is 13.3. The number of nitrogens with two attached hydrogens (primary N) is 1. The topological polar surface area (TPSA) is 50.9 Å². The molecular weight excluding hydrogens is 321 g/mol. The summed E-state index contributed by atoms with van der Waals surface area (Å²) in [5.41, 5.74) is 7.72. The van der Waals surface area contributed by atoms with Crippen molar-refractivity contribution in [2.45, 2.75) is 6.92 Å². The van der Waals surface area contributed by atoms with E-state index in [1.807, 2.05) is 0 Å². The van der Waals surface area contributed by atoms with Gasteiger partial charge in [-0.1, -0.05) is 11.6 Å². The van der Waals surface area contributed by atoms with Crippen molar-refractivity contribution in [3.63, 3.8) is 0 Å². The van der Waals surface area contributed by atoms with Crippen LogP contribution in [0.25, 0.3) is 0 Å². The van der Waals surface area contributed by atoms with Crippen molar-refractivity contribution in [3.05, 3.63) is 45.3 Å². The van der Waals surface area contributed by atoms with Gasteiger partial charge in [-0.3, -0.25) is 0 Å². The summed E-state index contributed by atoms with van der Waals surface area (Å²) in [5.74, 6) is 0.134. The average Bonchev–Trinajstić information content (AvgIpc) is 2.30. The van der Waals surface area contributed by atoms with Crippen LogP contribution in [-0.4, -0.2) is 4.98 Å². The first-order valence-electron chi connectivity index (χ1n) is 5.12. The van der Waals surface area contributed by atoms with Crippen molar-refractivity contribution >= 4 is 44.7 Å². The number of aryl methyl sites for hydroxylation is 1. The highest BCUT2D eigenvalue weighted by Crippen LogP contribution is 2.28. The molecule has 0 bridgehead atoms. The third kappa shape index (κ3) is 2.73. The van der Waals surface area contributed by atoms with Gasteiger partial charge in [-0.2, -0.15) is 0 Å². The zero-order valence-electron chi connectivity index (χ0n) is 9.47. The number of pyridine rings is 1. The van der Waals surface area contributed by atoms with Gasteiger partial charge in [0, 0.05) is 5.69 Å². The number of rotatable bonds is 2. The third-order valence-corrected chi connectivity index (χ3v) is 3.23. The molecule has 0 saturated heterocycles. The van der Waals surface area contributed by atoms with Gasteiger partial charge < -0.3 is 11.1 Å². The van der Waals surface area contributed by atoms with Crippen molar-refractivity contribution < 1.29 is 4.39 Å². The highest BCUT2D eigenvalue weighted by Gasteiger charge is 2.08. The molecule has 0 aliphatic carbocycles. The zero-order valence-corrected chi connectivity index (χ0v) is 11.8. The lowest BCUT2D eigenvalue weighted by Crippen LogP contribution is -2.01. The Morgan fingerprint density at radius 3 is 2.83 bits per heavy atom. The second-order valence-electron chi connectivity index (χ2n) is 3.78. The maximum absolute atomic E-state index is 13.3. The van der Waals surface area contributed by atoms with Gasteiger partial charge in [0.25, 0.3) is 0 Å². The number of nitrogen functional groups attached to an aromatic ring is 1. The summed E-state index contributed by atoms with van der Waals surface area (Å²) in [4.78, 5) is 4.08. The van der Waals surface area contributed by atoms with E-state index in [4.69, 9.17) is 17.3 Å². The predicted octanol–water partition coefficient (Wildman–Crippen LogP) is 4.27. The quantitative estimate of drug-likeness (QED) is 0.808. The molecule has 0 saturated carbocycles. The summed E-state index contributed by atoms with van der Waals surface area (Å²) in [6.45, 7) is 1.79. The number of hydrogen-bond donors (Lipinski definition) is 2. The molecule has 0 amide bonds. The number of nitrogens with one attached hydrogen (secondary N) is 1. The molecule has 94 valence electrons. The lowest BCUT2D eigenvalue weighted by molar-refractivity contribution is 0.620. The molecule has 1 aromatic heterocycles. The van der Waals surface area contributed by atoms with Crippen LogP contribution in [0.15, 0.2) is 28.7 Å². The van der Waals surface area contributed by atoms with E-state index in [0.29, 0.717) is 26.8 Å². The predicted molar refractivity (Wildman–Crippen MR) is 75.8 cm³/mol. The Kier molecular flexibility index (Phi) is 3.73. The minimum atomic E-state index is -0.315. The van der Waals surface area contributed by atoms with E-state index in [1.165, 1.54) is 6.07 Å². The summed E-state index contributed by atoms with van der Waals surface area (Å²) in [6.07, 6.45) is 0. The van der Waals surface area contributed by atoms with E-state index in [1.54, 1.807) is 25.1 Å². The Bertz CT molecular complexity index is 604. The second kappa shape index (κ2) is 5.12. The molecule has 0 aliphatic heterocycles. The Morgan fingerprint density at radius 1 is 1.39 bits per heavy atom. The van der Waals surface area contributed by atoms with Crippen LogP contribution in [0.1, 0.15) is 5.56 Å². The van der Waals surface area contributed by atoms with Crippen LogP contribution in [-0.2, 0) is 0 Å². The molecule has 0 unspecified atom stereocenters. The molecule has 3 nitrogen and oxygen atoms in total. The number of anilines is 3. The summed E-state index contributed by atoms with van der Waals surface area (Å²) in [5, 5.41) is 3.37. The summed E-state index contributed by atoms with van der Waals surface area (Å²) < 4.78 is 13.7. The molecule has 0 radical (unpaired) electrons. The highest BCUT2D eigenvalue weighted by molar-refractivity contribution is 9.10. The largest absolute Gasteiger partial charge is 0.396 e. The van der Waals surface area contributed by atoms with Crippen LogP contribution in [0, 0.1) is 12.7 Å². The summed E-state index contributed by atoms with van der Waals surface area (Å²) in [7, 11) is 0. The van der Waals surface area contributed by atoms with Gasteiger partial charge in [0.15, 0.2) is 5.82 Å². The highest BCUT2D eigenvalue weighted by atomic mass is 79.9. The minimum absolute atomic E-state index is 0.315. The molecule has 0 atom stereocenters. The molecule has 0 spiro atoms. The number of benzene rings is 1. The van der Waals surface area contributed by atoms with Gasteiger partial charge in [0.1, 0.15) is 11.0 Å². The molecule has 3 N–H and O–H groups in total. The van der Waals surface area contributed by atoms with Gasteiger partial charge in [0.2, 0.25) is 0 Å². The van der Waals surface area contributed by atoms with E-state index >= 15 is 0 Å². The monoisotopic (exact) mass is 329 g/mol. The first kappa shape index (κ1) is 13.1. The van der Waals surface area contributed by atoms with Gasteiger partial charge in [-0.15, -0.1) is 0 Å². The van der Waals surface area contributed by atoms with Crippen molar-refractivity contribution in [1.29, 1.82) is 0 Å². The van der Waals surface area contributed by atoms with Gasteiger partial charge in [0.05, 0.1) is 10.2 Å². The fourth-order valence-corrected chi connectivity index (χ4v) is 1.95. The Labute approximate surface area is 117 Å². The van der Waals surface area contributed by atoms with Crippen LogP contribution >= 0.6 is 27.5 Å². The van der Waals surface area contributed by atoms with Crippen LogP contribution in [0.4, 0.5) is 21.6 Å². The van der Waals surface area contributed by atoms with E-state index in [2.05, 4.69) is 26.2 Å². The molecule has 0 aliphatic rings. The summed E-state index contributed by atoms with van der Waals surface area (Å²) >= 11 is 8.94. The van der Waals surface area contributed by atoms with Crippen molar-refractivity contribution in [2.24, 2.45) is 0 Å². The molecule has 0 fully saturated rings. The lowest BCUT2D eigenvalue weighted by atomic mass is 10.2. The first-order valence-corrected chi connectivity index (χ1v) is 6.29. The lowest BCUT2D eigenvalue weighted by Gasteiger charge is -2.12. The summed E-state index contributed by atoms with van der Waals surface area (Å²) in [6, 6.07) is 6.32. The maximum Gasteiger partial charge on any atom is 0.155 e. The van der Waals surface area contributed by atoms with Gasteiger partial charge in [-0.25, -0.2) is 9.37 Å². The smallest absolute Gasteiger partial charge is 0.155 e. The second-order valence-corrected chi connectivity index (χ2v) is 5.02. The molecule has 1 aromatic carbocycles. The number of aromatic nitrogens is 1. The molecule has 18 heavy (non-hydrogen) atoms. The van der Waals surface area contributed by atoms with Crippen LogP contribution < -0.4 is 11.1 Å². The third-order valence-electron chi connectivity index (χ3n) is 2.41. The molecule has 6 heteroatoms. The van der Waals surface area contributed by atoms with Crippen molar-refractivity contribution in [1.82, 2.24) is 4.98 Å². The Hall–Kier alpha value is -1.33. The van der Waals surface area contributed by atoms with Crippen molar-refractivity contribution in [2.75, 3.05) is 11.1 Å². The number of nitrogens with zero attached hydrogens (tertiary/aromatic N) is 1. The standard InChI is InChI=1S/C12H10BrClFN3/c1-6-4-8(15)7(13)5-10(6)17-12-9(16)2-3-11(14)18-12/h2-5H,16H2,1H3,(H,17,18). The first-order chi connectivity index (χ1) is 8.47. The Morgan fingerprint density at radius 2 is 2.11 bits per heavy atom. The number of hydrogen-bond acceptors (Lipinski definition) is 3. The van der Waals surface area contributed by atoms with E-state index in [0.717, 1.165) is 5.56 Å². The molecule has 2 aromatic rings. The average molecular weight is 331 g/mol. The molecule has 2 rings (SSSR count). The molecule has 1 heterocycles. The fourth-order valence-electron chi connectivity index (χ4n) is 1.45. The SMILES string of the molecule is Cc1cc(F)c(Br)cc1Nc1nc(Cl)ccc1N. The van der Waals surface area contributed by atoms with Crippen LogP contribution in [0.5, 0.6) is 0 Å².